The van der Waals surface area contributed by atoms with Crippen LogP contribution < -0.4 is 11.0 Å². The highest BCUT2D eigenvalue weighted by Gasteiger charge is 2.15. The topological polar surface area (TPSA) is 94.4 Å². The van der Waals surface area contributed by atoms with Crippen molar-refractivity contribution >= 4 is 22.9 Å². The Morgan fingerprint density at radius 1 is 1.20 bits per heavy atom. The summed E-state index contributed by atoms with van der Waals surface area (Å²) >= 11 is 0. The first-order valence-electron chi connectivity index (χ1n) is 9.44. The van der Waals surface area contributed by atoms with E-state index in [0.717, 1.165) is 27.4 Å². The zero-order valence-electron chi connectivity index (χ0n) is 16.9. The molecule has 0 bridgehead atoms. The van der Waals surface area contributed by atoms with Crippen molar-refractivity contribution in [2.75, 3.05) is 0 Å². The van der Waals surface area contributed by atoms with Crippen molar-refractivity contribution in [1.29, 1.82) is 0 Å². The zero-order chi connectivity index (χ0) is 21.3. The number of hydrazone groups is 1. The lowest BCUT2D eigenvalue weighted by atomic mass is 10.1. The number of aromatic nitrogens is 3. The molecule has 1 aromatic carbocycles. The Kier molecular flexibility index (Phi) is 5.05. The maximum absolute atomic E-state index is 12.7. The molecular weight excluding hydrogens is 382 g/mol. The van der Waals surface area contributed by atoms with Gasteiger partial charge in [0.15, 0.2) is 5.69 Å². The number of hydrogen-bond acceptors (Lipinski definition) is 5. The van der Waals surface area contributed by atoms with E-state index in [1.807, 2.05) is 32.0 Å². The van der Waals surface area contributed by atoms with Crippen molar-refractivity contribution in [3.63, 3.8) is 0 Å². The SMILES string of the molecule is Cc1cc(/C=N\NC(=O)c2nn(C)c(=O)c3ccccc23)c(C)n1Cc1ccco1. The van der Waals surface area contributed by atoms with Crippen molar-refractivity contribution in [3.8, 4) is 0 Å². The Hall–Kier alpha value is -3.94. The first kappa shape index (κ1) is 19.4. The van der Waals surface area contributed by atoms with Gasteiger partial charge in [0.2, 0.25) is 0 Å². The maximum atomic E-state index is 12.7. The number of nitrogens with one attached hydrogen (secondary N) is 1. The molecule has 1 amide bonds. The number of aryl methyl sites for hydroxylation is 2. The summed E-state index contributed by atoms with van der Waals surface area (Å²) in [6, 6.07) is 12.7. The van der Waals surface area contributed by atoms with Crippen molar-refractivity contribution < 1.29 is 9.21 Å². The number of amides is 1. The Balaban J connectivity index is 1.56. The molecule has 3 aromatic heterocycles. The Bertz CT molecular complexity index is 1310. The van der Waals surface area contributed by atoms with Crippen molar-refractivity contribution in [2.24, 2.45) is 12.1 Å². The highest BCUT2D eigenvalue weighted by Crippen LogP contribution is 2.16. The highest BCUT2D eigenvalue weighted by molar-refractivity contribution is 6.05. The summed E-state index contributed by atoms with van der Waals surface area (Å²) in [5, 5.41) is 9.13. The first-order chi connectivity index (χ1) is 14.5. The molecule has 4 rings (SSSR count). The molecule has 0 spiro atoms. The van der Waals surface area contributed by atoms with Crippen LogP contribution in [0.5, 0.6) is 0 Å². The number of rotatable bonds is 5. The van der Waals surface area contributed by atoms with E-state index in [2.05, 4.69) is 20.2 Å². The van der Waals surface area contributed by atoms with Gasteiger partial charge in [0, 0.05) is 29.4 Å². The lowest BCUT2D eigenvalue weighted by Gasteiger charge is -2.07. The van der Waals surface area contributed by atoms with Gasteiger partial charge < -0.3 is 8.98 Å². The first-order valence-corrected chi connectivity index (χ1v) is 9.44. The Morgan fingerprint density at radius 3 is 2.70 bits per heavy atom. The fourth-order valence-corrected chi connectivity index (χ4v) is 3.44. The third-order valence-corrected chi connectivity index (χ3v) is 5.05. The van der Waals surface area contributed by atoms with Gasteiger partial charge in [0.25, 0.3) is 11.5 Å². The monoisotopic (exact) mass is 403 g/mol. The summed E-state index contributed by atoms with van der Waals surface area (Å²) in [7, 11) is 1.52. The smallest absolute Gasteiger partial charge is 0.292 e. The molecule has 3 heterocycles. The van der Waals surface area contributed by atoms with Crippen molar-refractivity contribution in [1.82, 2.24) is 19.8 Å². The van der Waals surface area contributed by atoms with E-state index >= 15 is 0 Å². The van der Waals surface area contributed by atoms with Crippen LogP contribution in [0, 0.1) is 13.8 Å². The summed E-state index contributed by atoms with van der Waals surface area (Å²) in [4.78, 5) is 24.9. The molecule has 4 aromatic rings. The molecule has 0 atom stereocenters. The second-order valence-corrected chi connectivity index (χ2v) is 7.01. The molecule has 1 N–H and O–H groups in total. The number of hydrogen-bond donors (Lipinski definition) is 1. The van der Waals surface area contributed by atoms with Crippen LogP contribution in [0.25, 0.3) is 10.8 Å². The van der Waals surface area contributed by atoms with E-state index in [9.17, 15) is 9.59 Å². The minimum atomic E-state index is -0.484. The second-order valence-electron chi connectivity index (χ2n) is 7.01. The highest BCUT2D eigenvalue weighted by atomic mass is 16.3. The summed E-state index contributed by atoms with van der Waals surface area (Å²) in [5.74, 6) is 0.378. The maximum Gasteiger partial charge on any atom is 0.292 e. The molecule has 0 aliphatic heterocycles. The molecule has 0 aliphatic carbocycles. The van der Waals surface area contributed by atoms with Gasteiger partial charge in [-0.1, -0.05) is 18.2 Å². The summed E-state index contributed by atoms with van der Waals surface area (Å²) in [6.45, 7) is 4.62. The van der Waals surface area contributed by atoms with Crippen LogP contribution in [0.4, 0.5) is 0 Å². The summed E-state index contributed by atoms with van der Waals surface area (Å²) < 4.78 is 8.70. The van der Waals surface area contributed by atoms with Crippen LogP contribution in [0.1, 0.15) is 33.2 Å². The van der Waals surface area contributed by atoms with Crippen LogP contribution in [0.2, 0.25) is 0 Å². The number of carbonyl (C=O) groups is 1. The lowest BCUT2D eigenvalue weighted by molar-refractivity contribution is 0.0950. The van der Waals surface area contributed by atoms with Crippen LogP contribution in [-0.4, -0.2) is 26.5 Å². The van der Waals surface area contributed by atoms with E-state index in [1.165, 1.54) is 7.05 Å². The van der Waals surface area contributed by atoms with Gasteiger partial charge in [-0.2, -0.15) is 10.2 Å². The minimum absolute atomic E-state index is 0.146. The number of benzene rings is 1. The third kappa shape index (κ3) is 3.55. The molecule has 8 heteroatoms. The molecule has 8 nitrogen and oxygen atoms in total. The quantitative estimate of drug-likeness (QED) is 0.409. The van der Waals surface area contributed by atoms with E-state index in [0.29, 0.717) is 17.3 Å². The van der Waals surface area contributed by atoms with Crippen LogP contribution in [0.3, 0.4) is 0 Å². The number of fused-ring (bicyclic) bond motifs is 1. The predicted octanol–water partition coefficient (Wildman–Crippen LogP) is 2.76. The van der Waals surface area contributed by atoms with E-state index in [-0.39, 0.29) is 11.3 Å². The number of furan rings is 1. The van der Waals surface area contributed by atoms with Gasteiger partial charge in [0.1, 0.15) is 5.76 Å². The normalized spacial score (nSPS) is 11.4. The summed E-state index contributed by atoms with van der Waals surface area (Å²) in [6.07, 6.45) is 3.25. The Morgan fingerprint density at radius 2 is 1.97 bits per heavy atom. The standard InChI is InChI=1S/C22H21N5O3/c1-14-11-16(15(2)27(14)13-17-7-6-10-30-17)12-23-24-21(28)20-18-8-4-5-9-19(18)22(29)26(3)25-20/h4-12H,13H2,1-3H3,(H,24,28)/b23-12-. The second kappa shape index (κ2) is 7.82. The van der Waals surface area contributed by atoms with E-state index in [4.69, 9.17) is 4.42 Å². The largest absolute Gasteiger partial charge is 0.467 e. The minimum Gasteiger partial charge on any atom is -0.467 e. The molecular formula is C22H21N5O3. The average Bonchev–Trinajstić information content (AvgIpc) is 3.35. The number of nitrogens with zero attached hydrogens (tertiary/aromatic N) is 4. The lowest BCUT2D eigenvalue weighted by Crippen LogP contribution is -2.27. The van der Waals surface area contributed by atoms with E-state index < -0.39 is 5.91 Å². The average molecular weight is 403 g/mol. The van der Waals surface area contributed by atoms with Gasteiger partial charge in [-0.05, 0) is 38.1 Å². The third-order valence-electron chi connectivity index (χ3n) is 5.05. The Labute approximate surface area is 172 Å². The zero-order valence-corrected chi connectivity index (χ0v) is 16.9. The van der Waals surface area contributed by atoms with Crippen LogP contribution in [-0.2, 0) is 13.6 Å². The van der Waals surface area contributed by atoms with Gasteiger partial charge in [-0.3, -0.25) is 9.59 Å². The summed E-state index contributed by atoms with van der Waals surface area (Å²) in [5.41, 5.74) is 5.36. The van der Waals surface area contributed by atoms with Gasteiger partial charge in [-0.25, -0.2) is 10.1 Å². The van der Waals surface area contributed by atoms with Gasteiger partial charge in [-0.15, -0.1) is 0 Å². The van der Waals surface area contributed by atoms with Crippen LogP contribution in [0.15, 0.2) is 63.0 Å². The molecule has 0 saturated carbocycles. The van der Waals surface area contributed by atoms with Crippen molar-refractivity contribution in [3.05, 3.63) is 87.5 Å². The molecule has 30 heavy (non-hydrogen) atoms. The fraction of sp³-hybridized carbons (Fsp3) is 0.182. The predicted molar refractivity (Wildman–Crippen MR) is 114 cm³/mol. The molecule has 0 aliphatic rings. The molecule has 152 valence electrons. The fourth-order valence-electron chi connectivity index (χ4n) is 3.44. The molecule has 0 saturated heterocycles. The van der Waals surface area contributed by atoms with Gasteiger partial charge in [0.05, 0.1) is 24.4 Å². The van der Waals surface area contributed by atoms with Crippen LogP contribution >= 0.6 is 0 Å². The molecule has 0 fully saturated rings. The molecule has 0 radical (unpaired) electrons. The van der Waals surface area contributed by atoms with Gasteiger partial charge >= 0.3 is 0 Å². The van der Waals surface area contributed by atoms with Crippen molar-refractivity contribution in [2.45, 2.75) is 20.4 Å². The van der Waals surface area contributed by atoms with E-state index in [1.54, 1.807) is 36.7 Å². The molecule has 0 unspecified atom stereocenters. The number of carbonyl (C=O) groups excluding carboxylic acids is 1.